The van der Waals surface area contributed by atoms with Crippen molar-refractivity contribution in [1.29, 1.82) is 0 Å². The molecule has 0 spiro atoms. The van der Waals surface area contributed by atoms with Crippen LogP contribution in [0.3, 0.4) is 0 Å². The lowest BCUT2D eigenvalue weighted by Crippen LogP contribution is -1.88. The van der Waals surface area contributed by atoms with Gasteiger partial charge in [0.05, 0.1) is 6.20 Å². The first-order valence-electron chi connectivity index (χ1n) is 2.80. The van der Waals surface area contributed by atoms with Crippen LogP contribution in [0, 0.1) is 0 Å². The minimum atomic E-state index is 1.08. The number of nitrogens with zero attached hydrogens (tertiary/aromatic N) is 2. The molecule has 0 aromatic carbocycles. The first kappa shape index (κ1) is 5.41. The Bertz CT molecular complexity index is 171. The van der Waals surface area contributed by atoms with E-state index in [9.17, 15) is 0 Å². The zero-order valence-corrected chi connectivity index (χ0v) is 5.26. The van der Waals surface area contributed by atoms with Crippen LogP contribution in [0.1, 0.15) is 12.5 Å². The lowest BCUT2D eigenvalue weighted by Gasteiger charge is -1.81. The van der Waals surface area contributed by atoms with Crippen molar-refractivity contribution >= 4 is 7.98 Å². The predicted molar refractivity (Wildman–Crippen MR) is 35.5 cm³/mol. The van der Waals surface area contributed by atoms with Gasteiger partial charge in [-0.1, -0.05) is 6.92 Å². The fraction of sp³-hybridized carbons (Fsp3) is 0.400. The number of hydrogen-bond donors (Lipinski definition) is 0. The summed E-state index contributed by atoms with van der Waals surface area (Å²) < 4.78 is 1.82. The van der Waals surface area contributed by atoms with Crippen molar-refractivity contribution in [1.82, 2.24) is 9.69 Å². The van der Waals surface area contributed by atoms with E-state index in [1.54, 1.807) is 0 Å². The van der Waals surface area contributed by atoms with Gasteiger partial charge in [-0.15, -0.1) is 0 Å². The molecule has 42 valence electrons. The predicted octanol–water partition coefficient (Wildman–Crippen LogP) is -0.158. The second-order valence-electron chi connectivity index (χ2n) is 1.88. The summed E-state index contributed by atoms with van der Waals surface area (Å²) in [6.45, 7) is 2.12. The maximum Gasteiger partial charge on any atom is 0.248 e. The van der Waals surface area contributed by atoms with Crippen LogP contribution in [0.15, 0.2) is 12.4 Å². The first-order chi connectivity index (χ1) is 3.83. The molecule has 0 unspecified atom stereocenters. The van der Waals surface area contributed by atoms with Gasteiger partial charge in [0.1, 0.15) is 0 Å². The Kier molecular flexibility index (Phi) is 1.37. The minimum Gasteiger partial charge on any atom is -0.326 e. The second-order valence-corrected chi connectivity index (χ2v) is 1.88. The average Bonchev–Trinajstić information content (AvgIpc) is 2.14. The molecule has 0 aliphatic carbocycles. The molecule has 0 aliphatic rings. The van der Waals surface area contributed by atoms with Gasteiger partial charge < -0.3 is 4.59 Å². The largest absolute Gasteiger partial charge is 0.326 e. The van der Waals surface area contributed by atoms with Gasteiger partial charge in [0, 0.05) is 6.20 Å². The zero-order valence-electron chi connectivity index (χ0n) is 5.26. The van der Waals surface area contributed by atoms with Crippen LogP contribution in [-0.2, 0) is 6.42 Å². The topological polar surface area (TPSA) is 17.8 Å². The third-order valence-corrected chi connectivity index (χ3v) is 1.17. The van der Waals surface area contributed by atoms with Gasteiger partial charge in [-0.25, -0.2) is 0 Å². The summed E-state index contributed by atoms with van der Waals surface area (Å²) in [6.07, 6.45) is 4.99. The second kappa shape index (κ2) is 2.03. The van der Waals surface area contributed by atoms with Crippen molar-refractivity contribution in [2.45, 2.75) is 13.3 Å². The quantitative estimate of drug-likeness (QED) is 0.457. The van der Waals surface area contributed by atoms with Crippen LogP contribution in [-0.4, -0.2) is 17.7 Å². The smallest absolute Gasteiger partial charge is 0.248 e. The average molecular weight is 108 g/mol. The summed E-state index contributed by atoms with van der Waals surface area (Å²) >= 11 is 0. The van der Waals surface area contributed by atoms with E-state index in [4.69, 9.17) is 0 Å². The van der Waals surface area contributed by atoms with Crippen LogP contribution in [0.2, 0.25) is 0 Å². The molecule has 1 heterocycles. The third kappa shape index (κ3) is 0.913. The lowest BCUT2D eigenvalue weighted by molar-refractivity contribution is 0.991. The molecule has 0 saturated heterocycles. The van der Waals surface area contributed by atoms with Gasteiger partial charge in [0.2, 0.25) is 7.98 Å². The number of hydrogen-bond acceptors (Lipinski definition) is 1. The van der Waals surface area contributed by atoms with Crippen molar-refractivity contribution < 1.29 is 0 Å². The molecule has 0 amide bonds. The Labute approximate surface area is 49.9 Å². The van der Waals surface area contributed by atoms with E-state index in [2.05, 4.69) is 12.0 Å². The molecule has 2 nitrogen and oxygen atoms in total. The van der Waals surface area contributed by atoms with Crippen LogP contribution in [0.5, 0.6) is 0 Å². The van der Waals surface area contributed by atoms with Gasteiger partial charge >= 0.3 is 0 Å². The van der Waals surface area contributed by atoms with Crippen molar-refractivity contribution in [2.24, 2.45) is 0 Å². The van der Waals surface area contributed by atoms with Crippen molar-refractivity contribution in [3.8, 4) is 0 Å². The molecule has 1 rings (SSSR count). The molecule has 0 atom stereocenters. The monoisotopic (exact) mass is 108 g/mol. The van der Waals surface area contributed by atoms with Crippen LogP contribution < -0.4 is 0 Å². The fourth-order valence-corrected chi connectivity index (χ4v) is 0.654. The number of aromatic nitrogens is 2. The first-order valence-corrected chi connectivity index (χ1v) is 2.80. The fourth-order valence-electron chi connectivity index (χ4n) is 0.654. The zero-order chi connectivity index (χ0) is 5.98. The van der Waals surface area contributed by atoms with E-state index in [-0.39, 0.29) is 0 Å². The molecule has 1 aromatic heterocycles. The van der Waals surface area contributed by atoms with Gasteiger partial charge in [-0.05, 0) is 12.0 Å². The van der Waals surface area contributed by atoms with E-state index in [0.717, 1.165) is 6.42 Å². The van der Waals surface area contributed by atoms with Crippen molar-refractivity contribution in [2.75, 3.05) is 0 Å². The molecule has 0 N–H and O–H groups in total. The maximum absolute atomic E-state index is 4.00. The molecule has 0 bridgehead atoms. The Morgan fingerprint density at radius 2 is 2.62 bits per heavy atom. The Morgan fingerprint density at radius 1 is 1.88 bits per heavy atom. The van der Waals surface area contributed by atoms with Gasteiger partial charge in [0.25, 0.3) is 0 Å². The summed E-state index contributed by atoms with van der Waals surface area (Å²) in [6, 6.07) is 0. The highest BCUT2D eigenvalue weighted by molar-refractivity contribution is 6.05. The third-order valence-electron chi connectivity index (χ3n) is 1.17. The lowest BCUT2D eigenvalue weighted by atomic mass is 10.3. The van der Waals surface area contributed by atoms with E-state index < -0.39 is 0 Å². The molecule has 1 aromatic rings. The van der Waals surface area contributed by atoms with Crippen molar-refractivity contribution in [3.05, 3.63) is 18.0 Å². The van der Waals surface area contributed by atoms with E-state index in [1.807, 2.05) is 25.0 Å². The Hall–Kier alpha value is -0.725. The Balaban J connectivity index is 2.84. The molecule has 8 heavy (non-hydrogen) atoms. The highest BCUT2D eigenvalue weighted by Gasteiger charge is 1.87. The number of aryl methyl sites for hydroxylation is 1. The molecule has 0 saturated carbocycles. The van der Waals surface area contributed by atoms with Gasteiger partial charge in [-0.3, -0.25) is 0 Å². The van der Waals surface area contributed by atoms with Crippen LogP contribution in [0.4, 0.5) is 0 Å². The molecule has 0 aliphatic heterocycles. The summed E-state index contributed by atoms with van der Waals surface area (Å²) in [5.41, 5.74) is 1.30. The standard InChI is InChI=1S/C5H9BN2/c1-2-5-3-7-8(6)4-5/h3-4H,2,6H2,1H3. The summed E-state index contributed by atoms with van der Waals surface area (Å²) in [4.78, 5) is 0. The normalized spacial score (nSPS) is 9.62. The summed E-state index contributed by atoms with van der Waals surface area (Å²) in [5, 5.41) is 4.00. The minimum absolute atomic E-state index is 1.08. The summed E-state index contributed by atoms with van der Waals surface area (Å²) in [5.74, 6) is 0. The molecule has 0 radical (unpaired) electrons. The summed E-state index contributed by atoms with van der Waals surface area (Å²) in [7, 11) is 1.93. The van der Waals surface area contributed by atoms with Gasteiger partial charge in [-0.2, -0.15) is 5.10 Å². The number of rotatable bonds is 1. The highest BCUT2D eigenvalue weighted by Crippen LogP contribution is 1.94. The van der Waals surface area contributed by atoms with E-state index >= 15 is 0 Å². The molecular formula is C5H9BN2. The molecular weight excluding hydrogens is 98.9 g/mol. The van der Waals surface area contributed by atoms with E-state index in [1.165, 1.54) is 5.56 Å². The van der Waals surface area contributed by atoms with Crippen LogP contribution in [0.25, 0.3) is 0 Å². The highest BCUT2D eigenvalue weighted by atomic mass is 15.2. The Morgan fingerprint density at radius 3 is 2.88 bits per heavy atom. The molecule has 3 heteroatoms. The molecule has 0 fully saturated rings. The van der Waals surface area contributed by atoms with Gasteiger partial charge in [0.15, 0.2) is 0 Å². The van der Waals surface area contributed by atoms with Crippen LogP contribution >= 0.6 is 0 Å². The van der Waals surface area contributed by atoms with Crippen molar-refractivity contribution in [3.63, 3.8) is 0 Å². The SMILES string of the molecule is Bn1cc(CC)cn1. The maximum atomic E-state index is 4.00. The van der Waals surface area contributed by atoms with E-state index in [0.29, 0.717) is 0 Å².